The number of benzene rings is 1. The van der Waals surface area contributed by atoms with Crippen LogP contribution in [0.3, 0.4) is 0 Å². The fourth-order valence-electron chi connectivity index (χ4n) is 1.55. The SMILES string of the molecule is C=C(Nc1c[c-]c(C)cc1C)/C(C)=C(/C)NC.[I][V]([I])[I].[W]. The van der Waals surface area contributed by atoms with Crippen LogP contribution in [-0.2, 0) is 26.0 Å². The first-order valence-corrected chi connectivity index (χ1v) is 19.8. The van der Waals surface area contributed by atoms with Crippen molar-refractivity contribution in [3.63, 3.8) is 0 Å². The van der Waals surface area contributed by atoms with Crippen LogP contribution in [0.1, 0.15) is 25.0 Å². The number of allylic oxidation sites excluding steroid dienone is 2. The standard InChI is InChI=1S/C15H21N2.3HI.V.W/c1-10-7-8-15(11(2)9-10)17-14(5)12(3)13(4)16-6;;;;;/h8-9,16-17H,5H2,1-4,6H3;3*1H;;/q-1;;;;+3;/p-3/b13-12-;;;;;. The molecule has 7 heteroatoms. The van der Waals surface area contributed by atoms with Crippen molar-refractivity contribution < 1.29 is 26.0 Å². The summed E-state index contributed by atoms with van der Waals surface area (Å²) in [6.07, 6.45) is 0. The van der Waals surface area contributed by atoms with Crippen LogP contribution in [0.25, 0.3) is 0 Å². The number of hydrogen-bond acceptors (Lipinski definition) is 2. The average molecular weight is 845 g/mol. The number of anilines is 1. The number of nitrogens with one attached hydrogen (secondary N) is 2. The Bertz CT molecular complexity index is 517. The third-order valence-electron chi connectivity index (χ3n) is 2.98. The van der Waals surface area contributed by atoms with Gasteiger partial charge in [-0.2, -0.15) is 23.8 Å². The van der Waals surface area contributed by atoms with Gasteiger partial charge in [0.05, 0.1) is 0 Å². The molecule has 0 bridgehead atoms. The third-order valence-corrected chi connectivity index (χ3v) is 2.98. The minimum absolute atomic E-state index is 0. The molecule has 0 aromatic heterocycles. The van der Waals surface area contributed by atoms with E-state index in [1.807, 2.05) is 27.0 Å². The van der Waals surface area contributed by atoms with Crippen molar-refractivity contribution in [2.45, 2.75) is 27.7 Å². The fourth-order valence-corrected chi connectivity index (χ4v) is 1.55. The second-order valence-electron chi connectivity index (χ2n) is 4.51. The summed E-state index contributed by atoms with van der Waals surface area (Å²) in [5.74, 6) is 0. The Hall–Kier alpha value is 1.76. The van der Waals surface area contributed by atoms with Crippen molar-refractivity contribution in [3.8, 4) is 0 Å². The van der Waals surface area contributed by atoms with Gasteiger partial charge in [0.25, 0.3) is 0 Å². The van der Waals surface area contributed by atoms with Crippen LogP contribution < -0.4 is 10.6 Å². The van der Waals surface area contributed by atoms with Crippen LogP contribution in [0.4, 0.5) is 5.69 Å². The van der Waals surface area contributed by atoms with E-state index in [0.29, 0.717) is 0 Å². The molecule has 0 aliphatic rings. The molecular weight excluding hydrogens is 824 g/mol. The van der Waals surface area contributed by atoms with Crippen molar-refractivity contribution in [1.82, 2.24) is 5.32 Å². The zero-order chi connectivity index (χ0) is 16.6. The predicted octanol–water partition coefficient (Wildman–Crippen LogP) is 6.19. The van der Waals surface area contributed by atoms with Crippen molar-refractivity contribution in [1.29, 1.82) is 0 Å². The van der Waals surface area contributed by atoms with Crippen molar-refractivity contribution in [2.75, 3.05) is 12.4 Å². The van der Waals surface area contributed by atoms with E-state index in [4.69, 9.17) is 0 Å². The van der Waals surface area contributed by atoms with Crippen LogP contribution in [0.15, 0.2) is 35.7 Å². The van der Waals surface area contributed by atoms with Gasteiger partial charge in [0.1, 0.15) is 0 Å². The summed E-state index contributed by atoms with van der Waals surface area (Å²) < 4.78 is 0. The summed E-state index contributed by atoms with van der Waals surface area (Å²) in [4.78, 5) is -0.278. The molecule has 0 amide bonds. The summed E-state index contributed by atoms with van der Waals surface area (Å²) in [6.45, 7) is 12.3. The third kappa shape index (κ3) is 11.3. The zero-order valence-corrected chi connectivity index (χ0v) is 24.2. The number of aryl methyl sites for hydroxylation is 2. The molecular formula is C15H21I3N2VW-. The van der Waals surface area contributed by atoms with E-state index in [-0.39, 0.29) is 26.0 Å². The van der Waals surface area contributed by atoms with Gasteiger partial charge in [0.15, 0.2) is 0 Å². The average Bonchev–Trinajstić information content (AvgIpc) is 2.39. The molecule has 1 aromatic carbocycles. The first-order chi connectivity index (χ1) is 9.68. The van der Waals surface area contributed by atoms with Crippen LogP contribution in [0.5, 0.6) is 0 Å². The molecule has 0 unspecified atom stereocenters. The Morgan fingerprint density at radius 1 is 1.23 bits per heavy atom. The maximum absolute atomic E-state index is 4.06. The largest absolute Gasteiger partial charge is 0 e. The topological polar surface area (TPSA) is 24.1 Å². The molecule has 0 saturated carbocycles. The second kappa shape index (κ2) is 14.0. The summed E-state index contributed by atoms with van der Waals surface area (Å²) >= 11 is 7.39. The van der Waals surface area contributed by atoms with E-state index in [0.717, 1.165) is 28.2 Å². The Kier molecular flexibility index (Phi) is 16.5. The number of hydrogen-bond donors (Lipinski definition) is 2. The van der Waals surface area contributed by atoms with E-state index in [9.17, 15) is 0 Å². The molecule has 2 N–H and O–H groups in total. The van der Waals surface area contributed by atoms with Crippen LogP contribution in [-0.4, -0.2) is 7.05 Å². The van der Waals surface area contributed by atoms with Crippen LogP contribution >= 0.6 is 59.9 Å². The Morgan fingerprint density at radius 2 is 1.73 bits per heavy atom. The van der Waals surface area contributed by atoms with Crippen molar-refractivity contribution in [3.05, 3.63) is 52.9 Å². The van der Waals surface area contributed by atoms with Gasteiger partial charge in [-0.15, -0.1) is 5.56 Å². The molecule has 0 atom stereocenters. The fraction of sp³-hybridized carbons (Fsp3) is 0.333. The maximum atomic E-state index is 4.06. The molecule has 0 spiro atoms. The molecule has 0 fully saturated rings. The first kappa shape index (κ1) is 26.0. The molecule has 0 aliphatic carbocycles. The first-order valence-electron chi connectivity index (χ1n) is 6.27. The molecule has 0 radical (unpaired) electrons. The van der Waals surface area contributed by atoms with Gasteiger partial charge in [0, 0.05) is 39.5 Å². The minimum Gasteiger partial charge on any atom is 0 e. The molecule has 1 aromatic rings. The Balaban J connectivity index is 0. The molecule has 0 heterocycles. The maximum Gasteiger partial charge on any atom is 0 e. The quantitative estimate of drug-likeness (QED) is 0.215. The smallest absolute Gasteiger partial charge is 0 e. The normalized spacial score (nSPS) is 10.8. The van der Waals surface area contributed by atoms with Gasteiger partial charge in [-0.25, -0.2) is 0 Å². The van der Waals surface area contributed by atoms with E-state index < -0.39 is 0 Å². The van der Waals surface area contributed by atoms with Gasteiger partial charge in [-0.05, 0) is 19.4 Å². The van der Waals surface area contributed by atoms with Gasteiger partial charge in [0.2, 0.25) is 0 Å². The van der Waals surface area contributed by atoms with Gasteiger partial charge >= 0.3 is 64.9 Å². The van der Waals surface area contributed by atoms with E-state index in [2.05, 4.69) is 103 Å². The van der Waals surface area contributed by atoms with Gasteiger partial charge < -0.3 is 10.6 Å². The molecule has 0 saturated heterocycles. The second-order valence-corrected chi connectivity index (χ2v) is 39.9. The summed E-state index contributed by atoms with van der Waals surface area (Å²) in [7, 11) is 1.91. The molecule has 1 rings (SSSR count). The van der Waals surface area contributed by atoms with Crippen LogP contribution in [0.2, 0.25) is 0 Å². The zero-order valence-electron chi connectivity index (χ0n) is 13.4. The summed E-state index contributed by atoms with van der Waals surface area (Å²) in [6, 6.07) is 7.27. The monoisotopic (exact) mass is 845 g/mol. The van der Waals surface area contributed by atoms with Gasteiger partial charge in [-0.3, -0.25) is 0 Å². The van der Waals surface area contributed by atoms with Crippen molar-refractivity contribution in [2.24, 2.45) is 0 Å². The molecule has 0 aliphatic heterocycles. The summed E-state index contributed by atoms with van der Waals surface area (Å²) in [5, 5.41) is 6.45. The number of halogens is 3. The Labute approximate surface area is 187 Å². The molecule has 22 heavy (non-hydrogen) atoms. The van der Waals surface area contributed by atoms with Crippen LogP contribution in [0, 0.1) is 19.9 Å². The minimum atomic E-state index is -0.278. The summed E-state index contributed by atoms with van der Waals surface area (Å²) in [5.41, 5.74) is 6.58. The number of rotatable bonds is 4. The van der Waals surface area contributed by atoms with E-state index >= 15 is 0 Å². The van der Waals surface area contributed by atoms with E-state index in [1.54, 1.807) is 0 Å². The Morgan fingerprint density at radius 3 is 2.14 bits per heavy atom. The van der Waals surface area contributed by atoms with Crippen molar-refractivity contribution >= 4 is 65.6 Å². The predicted molar refractivity (Wildman–Crippen MR) is 117 cm³/mol. The molecule has 2 nitrogen and oxygen atoms in total. The van der Waals surface area contributed by atoms with E-state index in [1.165, 1.54) is 5.56 Å². The molecule has 124 valence electrons. The van der Waals surface area contributed by atoms with Gasteiger partial charge in [-0.1, -0.05) is 26.1 Å².